The van der Waals surface area contributed by atoms with E-state index in [0.29, 0.717) is 30.2 Å². The summed E-state index contributed by atoms with van der Waals surface area (Å²) in [7, 11) is 0. The predicted octanol–water partition coefficient (Wildman–Crippen LogP) is 6.81. The van der Waals surface area contributed by atoms with Gasteiger partial charge in [0.05, 0.1) is 17.9 Å². The van der Waals surface area contributed by atoms with Crippen molar-refractivity contribution in [2.24, 2.45) is 28.5 Å². The molecule has 3 amide bonds. The summed E-state index contributed by atoms with van der Waals surface area (Å²) in [4.78, 5) is 48.0. The average Bonchev–Trinajstić information content (AvgIpc) is 3.92. The minimum Gasteiger partial charge on any atom is -0.369 e. The van der Waals surface area contributed by atoms with E-state index in [2.05, 4.69) is 48.6 Å². The molecular weight excluding hydrogens is 584 g/mol. The quantitative estimate of drug-likeness (QED) is 0.181. The average molecular weight is 627 g/mol. The maximum Gasteiger partial charge on any atom is 0.272 e. The summed E-state index contributed by atoms with van der Waals surface area (Å²) < 4.78 is 0. The van der Waals surface area contributed by atoms with Gasteiger partial charge in [-0.1, -0.05) is 123 Å². The lowest BCUT2D eigenvalue weighted by atomic mass is 9.83. The number of rotatable bonds is 12. The van der Waals surface area contributed by atoms with Crippen molar-refractivity contribution in [2.75, 3.05) is 4.90 Å². The van der Waals surface area contributed by atoms with Crippen LogP contribution in [0.3, 0.4) is 0 Å². The zero-order chi connectivity index (χ0) is 32.9. The minimum absolute atomic E-state index is 0.282. The first-order chi connectivity index (χ1) is 22.8. The Hall–Kier alpha value is -5.04. The topological polar surface area (TPSA) is 105 Å². The summed E-state index contributed by atoms with van der Waals surface area (Å²) >= 11 is 0. The highest BCUT2D eigenvalue weighted by Gasteiger charge is 2.40. The van der Waals surface area contributed by atoms with Crippen LogP contribution in [0.2, 0.25) is 0 Å². The third-order valence-corrected chi connectivity index (χ3v) is 9.26. The molecule has 1 aliphatic heterocycles. The summed E-state index contributed by atoms with van der Waals surface area (Å²) in [6.45, 7) is 4.33. The first-order valence-electron chi connectivity index (χ1n) is 16.6. The molecule has 2 aliphatic rings. The molecule has 240 valence electrons. The van der Waals surface area contributed by atoms with Crippen molar-refractivity contribution in [3.05, 3.63) is 125 Å². The second kappa shape index (κ2) is 14.2. The number of primary amides is 1. The number of fused-ring (bicyclic) bond motifs is 1. The second-order valence-electron chi connectivity index (χ2n) is 12.8. The lowest BCUT2D eigenvalue weighted by molar-refractivity contribution is -0.135. The molecule has 4 aromatic rings. The van der Waals surface area contributed by atoms with Crippen LogP contribution in [-0.4, -0.2) is 29.6 Å². The van der Waals surface area contributed by atoms with E-state index in [1.165, 1.54) is 5.56 Å². The molecule has 47 heavy (non-hydrogen) atoms. The molecule has 7 heteroatoms. The highest BCUT2D eigenvalue weighted by molar-refractivity contribution is 6.20. The Bertz CT molecular complexity index is 1780. The van der Waals surface area contributed by atoms with Gasteiger partial charge >= 0.3 is 0 Å². The molecule has 1 fully saturated rings. The number of carbonyl (C=O) groups is 3. The van der Waals surface area contributed by atoms with Gasteiger partial charge in [0.25, 0.3) is 5.91 Å². The number of benzene rings is 4. The third-order valence-electron chi connectivity index (χ3n) is 9.26. The number of anilines is 1. The van der Waals surface area contributed by atoms with E-state index in [-0.39, 0.29) is 18.4 Å². The van der Waals surface area contributed by atoms with Gasteiger partial charge in [0.1, 0.15) is 0 Å². The molecule has 3 atom stereocenters. The van der Waals surface area contributed by atoms with Crippen LogP contribution in [0.4, 0.5) is 5.69 Å². The number of para-hydroxylation sites is 1. The molecule has 4 aromatic carbocycles. The zero-order valence-electron chi connectivity index (χ0n) is 27.1. The Morgan fingerprint density at radius 1 is 0.872 bits per heavy atom. The molecule has 0 spiro atoms. The third kappa shape index (κ3) is 7.35. The monoisotopic (exact) mass is 626 g/mol. The maximum absolute atomic E-state index is 14.6. The lowest BCUT2D eigenvalue weighted by Gasteiger charge is -2.28. The minimum atomic E-state index is -1.19. The van der Waals surface area contributed by atoms with E-state index in [1.54, 1.807) is 4.90 Å². The van der Waals surface area contributed by atoms with Crippen molar-refractivity contribution in [1.82, 2.24) is 5.32 Å². The van der Waals surface area contributed by atoms with Gasteiger partial charge in [-0.05, 0) is 54.5 Å². The van der Waals surface area contributed by atoms with E-state index in [0.717, 1.165) is 47.1 Å². The van der Waals surface area contributed by atoms with Crippen molar-refractivity contribution in [1.29, 1.82) is 0 Å². The number of nitrogens with one attached hydrogen (secondary N) is 1. The molecule has 1 heterocycles. The summed E-state index contributed by atoms with van der Waals surface area (Å²) in [5, 5.41) is 3.00. The highest BCUT2D eigenvalue weighted by Crippen LogP contribution is 2.39. The number of amides is 3. The first kappa shape index (κ1) is 31.9. The standard InChI is InChI=1S/C40H42N4O3/c1-3-10-32(37(41)45)34(24-27-19-20-27)39(46)43-38-40(47)44(25-28-11-9-14-31(23-28)29-21-17-26(2)18-22-29)35-16-8-7-15-33(35)36(42-38)30-12-5-4-6-13-30/h4-9,11-18,21-23,27,32,34,38H,3,10,19-20,24-25H2,1-2H3,(H2,41,45)(H,43,46). The molecule has 6 rings (SSSR count). The zero-order valence-corrected chi connectivity index (χ0v) is 27.1. The number of aliphatic imine (C=N–C) groups is 1. The molecule has 0 saturated heterocycles. The Balaban J connectivity index is 1.39. The van der Waals surface area contributed by atoms with Gasteiger partial charge in [-0.25, -0.2) is 4.99 Å². The number of hydrogen-bond donors (Lipinski definition) is 2. The van der Waals surface area contributed by atoms with E-state index >= 15 is 0 Å². The van der Waals surface area contributed by atoms with Crippen LogP contribution in [0, 0.1) is 24.7 Å². The number of nitrogens with two attached hydrogens (primary N) is 1. The summed E-state index contributed by atoms with van der Waals surface area (Å²) in [5.74, 6) is -2.00. The molecule has 0 bridgehead atoms. The van der Waals surface area contributed by atoms with Gasteiger partial charge in [0.2, 0.25) is 18.0 Å². The fourth-order valence-corrected chi connectivity index (χ4v) is 6.55. The second-order valence-corrected chi connectivity index (χ2v) is 12.8. The molecule has 0 radical (unpaired) electrons. The van der Waals surface area contributed by atoms with Crippen LogP contribution in [0.15, 0.2) is 108 Å². The normalized spacial score (nSPS) is 17.2. The lowest BCUT2D eigenvalue weighted by Crippen LogP contribution is -2.50. The predicted molar refractivity (Wildman–Crippen MR) is 187 cm³/mol. The molecule has 0 aromatic heterocycles. The number of nitrogens with zero attached hydrogens (tertiary/aromatic N) is 2. The van der Waals surface area contributed by atoms with Crippen molar-refractivity contribution < 1.29 is 14.4 Å². The van der Waals surface area contributed by atoms with E-state index in [1.807, 2.05) is 73.7 Å². The summed E-state index contributed by atoms with van der Waals surface area (Å²) in [6.07, 6.45) is 2.70. The largest absolute Gasteiger partial charge is 0.369 e. The van der Waals surface area contributed by atoms with Crippen LogP contribution in [-0.2, 0) is 20.9 Å². The SMILES string of the molecule is CCCC(C(N)=O)C(CC1CC1)C(=O)NC1N=C(c2ccccc2)c2ccccc2N(Cc2cccc(-c3ccc(C)cc3)c2)C1=O. The fourth-order valence-electron chi connectivity index (χ4n) is 6.55. The molecular formula is C40H42N4O3. The highest BCUT2D eigenvalue weighted by atomic mass is 16.2. The van der Waals surface area contributed by atoms with Crippen molar-refractivity contribution in [3.8, 4) is 11.1 Å². The van der Waals surface area contributed by atoms with Crippen LogP contribution in [0.25, 0.3) is 11.1 Å². The van der Waals surface area contributed by atoms with Crippen LogP contribution in [0.5, 0.6) is 0 Å². The molecule has 1 aliphatic carbocycles. The van der Waals surface area contributed by atoms with Crippen LogP contribution in [0.1, 0.15) is 61.3 Å². The number of benzodiazepines with no additional fused rings is 1. The maximum atomic E-state index is 14.6. The van der Waals surface area contributed by atoms with Gasteiger partial charge in [0, 0.05) is 23.0 Å². The van der Waals surface area contributed by atoms with Gasteiger partial charge in [-0.2, -0.15) is 0 Å². The van der Waals surface area contributed by atoms with Crippen molar-refractivity contribution in [2.45, 2.75) is 58.7 Å². The summed E-state index contributed by atoms with van der Waals surface area (Å²) in [5.41, 5.74) is 13.1. The van der Waals surface area contributed by atoms with Gasteiger partial charge in [-0.15, -0.1) is 0 Å². The van der Waals surface area contributed by atoms with Gasteiger partial charge < -0.3 is 16.0 Å². The van der Waals surface area contributed by atoms with Crippen molar-refractivity contribution in [3.63, 3.8) is 0 Å². The molecule has 3 unspecified atom stereocenters. The van der Waals surface area contributed by atoms with Crippen LogP contribution >= 0.6 is 0 Å². The summed E-state index contributed by atoms with van der Waals surface area (Å²) in [6, 6.07) is 34.0. The van der Waals surface area contributed by atoms with Gasteiger partial charge in [-0.3, -0.25) is 14.4 Å². The van der Waals surface area contributed by atoms with E-state index < -0.39 is 23.9 Å². The number of hydrogen-bond acceptors (Lipinski definition) is 4. The van der Waals surface area contributed by atoms with Crippen LogP contribution < -0.4 is 16.0 Å². The van der Waals surface area contributed by atoms with E-state index in [4.69, 9.17) is 10.7 Å². The molecule has 1 saturated carbocycles. The first-order valence-corrected chi connectivity index (χ1v) is 16.6. The number of carbonyl (C=O) groups excluding carboxylic acids is 3. The van der Waals surface area contributed by atoms with Crippen molar-refractivity contribution >= 4 is 29.1 Å². The van der Waals surface area contributed by atoms with Gasteiger partial charge in [0.15, 0.2) is 0 Å². The number of aryl methyl sites for hydroxylation is 1. The fraction of sp³-hybridized carbons (Fsp3) is 0.300. The Morgan fingerprint density at radius 3 is 2.28 bits per heavy atom. The molecule has 7 nitrogen and oxygen atoms in total. The Kier molecular flexibility index (Phi) is 9.62. The smallest absolute Gasteiger partial charge is 0.272 e. The Morgan fingerprint density at radius 2 is 1.57 bits per heavy atom. The van der Waals surface area contributed by atoms with E-state index in [9.17, 15) is 14.4 Å². The Labute approximate surface area is 276 Å². The molecule has 3 N–H and O–H groups in total.